The Morgan fingerprint density at radius 1 is 1.04 bits per heavy atom. The van der Waals surface area contributed by atoms with E-state index in [0.717, 1.165) is 6.08 Å². The third-order valence-electron chi connectivity index (χ3n) is 1.39. The first-order valence-corrected chi connectivity index (χ1v) is 6.83. The molecule has 8 nitrogen and oxygen atoms in total. The summed E-state index contributed by atoms with van der Waals surface area (Å²) in [6.45, 7) is 9.12. The van der Waals surface area contributed by atoms with Crippen LogP contribution in [0.4, 0.5) is 0 Å². The summed E-state index contributed by atoms with van der Waals surface area (Å²) in [5.41, 5.74) is -1.29. The van der Waals surface area contributed by atoms with Gasteiger partial charge in [-0.2, -0.15) is 25.3 Å². The largest absolute Gasteiger partial charge is 2.00 e. The molecule has 0 atom stereocenters. The summed E-state index contributed by atoms with van der Waals surface area (Å²) in [6, 6.07) is 0. The maximum absolute atomic E-state index is 9.29. The van der Waals surface area contributed by atoms with E-state index in [1.54, 1.807) is 0 Å². The Morgan fingerprint density at radius 3 is 1.29 bits per heavy atom. The van der Waals surface area contributed by atoms with Gasteiger partial charge < -0.3 is 35.1 Å². The molecule has 0 aliphatic rings. The van der Waals surface area contributed by atoms with E-state index in [9.17, 15) is 14.7 Å². The van der Waals surface area contributed by atoms with Gasteiger partial charge in [0.05, 0.1) is 24.3 Å². The van der Waals surface area contributed by atoms with E-state index < -0.39 is 23.5 Å². The number of aliphatic hydroxyl groups excluding tert-OH is 1. The van der Waals surface area contributed by atoms with Gasteiger partial charge in [0.1, 0.15) is 5.60 Å². The molecule has 0 fully saturated rings. The molecular weight excluding hydrogens is 388 g/mol. The van der Waals surface area contributed by atoms with Crippen molar-refractivity contribution in [2.75, 3.05) is 18.1 Å². The zero-order valence-electron chi connectivity index (χ0n) is 13.0. The molecule has 0 spiro atoms. The van der Waals surface area contributed by atoms with E-state index in [4.69, 9.17) is 25.2 Å². The maximum Gasteiger partial charge on any atom is 2.00 e. The fourth-order valence-corrected chi connectivity index (χ4v) is 0.212. The molecule has 0 amide bonds. The van der Waals surface area contributed by atoms with Crippen molar-refractivity contribution >= 4 is 80.9 Å². The third kappa shape index (κ3) is 43.0. The van der Waals surface area contributed by atoms with E-state index in [1.165, 1.54) is 12.2 Å². The normalized spacial score (nSPS) is 8.00. The van der Waals surface area contributed by atoms with Crippen LogP contribution in [-0.2, 0) is 14.4 Å². The zero-order valence-corrected chi connectivity index (χ0v) is 17.0. The molecular formula is C13H20CaO8S2. The number of hydrogen-bond acceptors (Lipinski definition) is 9. The van der Waals surface area contributed by atoms with E-state index in [0.29, 0.717) is 0 Å². The SMILES string of the molecule is C=CC(=O)[O-].C=CC(O)(C=C)CO.O=C(O)CS.O=C([O-])CS.[Ca+2]. The Morgan fingerprint density at radius 2 is 1.29 bits per heavy atom. The molecule has 0 heterocycles. The van der Waals surface area contributed by atoms with Crippen LogP contribution in [-0.4, -0.2) is 94.7 Å². The zero-order chi connectivity index (χ0) is 19.5. The molecule has 0 aromatic carbocycles. The molecule has 0 saturated carbocycles. The van der Waals surface area contributed by atoms with Gasteiger partial charge in [-0.25, -0.2) is 0 Å². The minimum atomic E-state index is -1.29. The minimum Gasteiger partial charge on any atom is -0.549 e. The van der Waals surface area contributed by atoms with Crippen molar-refractivity contribution in [1.29, 1.82) is 0 Å². The maximum atomic E-state index is 9.29. The van der Waals surface area contributed by atoms with Gasteiger partial charge in [-0.05, 0) is 6.08 Å². The predicted molar refractivity (Wildman–Crippen MR) is 93.7 cm³/mol. The number of carboxylic acids is 3. The molecule has 11 heteroatoms. The summed E-state index contributed by atoms with van der Waals surface area (Å²) in [7, 11) is 0. The molecule has 0 aliphatic carbocycles. The van der Waals surface area contributed by atoms with Crippen LogP contribution in [0.1, 0.15) is 0 Å². The first-order valence-electron chi connectivity index (χ1n) is 5.57. The van der Waals surface area contributed by atoms with Crippen LogP contribution in [0.15, 0.2) is 38.0 Å². The van der Waals surface area contributed by atoms with Gasteiger partial charge in [0.2, 0.25) is 0 Å². The number of carbonyl (C=O) groups excluding carboxylic acids is 2. The van der Waals surface area contributed by atoms with Gasteiger partial charge in [0.15, 0.2) is 0 Å². The number of hydrogen-bond donors (Lipinski definition) is 5. The van der Waals surface area contributed by atoms with Crippen LogP contribution in [0.5, 0.6) is 0 Å². The second-order valence-corrected chi connectivity index (χ2v) is 3.80. The molecule has 0 unspecified atom stereocenters. The third-order valence-corrected chi connectivity index (χ3v) is 1.92. The minimum absolute atomic E-state index is 0. The molecule has 3 N–H and O–H groups in total. The molecule has 0 aliphatic heterocycles. The number of thiol groups is 2. The Kier molecular flexibility index (Phi) is 35.9. The van der Waals surface area contributed by atoms with Gasteiger partial charge >= 0.3 is 43.7 Å². The van der Waals surface area contributed by atoms with Crippen molar-refractivity contribution in [1.82, 2.24) is 0 Å². The summed E-state index contributed by atoms with van der Waals surface area (Å²) < 4.78 is 0. The monoisotopic (exact) mass is 408 g/mol. The molecule has 24 heavy (non-hydrogen) atoms. The molecule has 0 bridgehead atoms. The molecule has 0 radical (unpaired) electrons. The Hall–Kier alpha value is -0.490. The number of aliphatic carboxylic acids is 3. The van der Waals surface area contributed by atoms with Crippen molar-refractivity contribution in [2.24, 2.45) is 0 Å². The summed E-state index contributed by atoms with van der Waals surface area (Å²) >= 11 is 6.77. The number of carbonyl (C=O) groups is 3. The second kappa shape index (κ2) is 24.8. The number of carboxylic acid groups (broad SMARTS) is 3. The summed E-state index contributed by atoms with van der Waals surface area (Å²) in [4.78, 5) is 27.6. The molecule has 0 aromatic heterocycles. The molecule has 0 aromatic rings. The molecule has 0 rings (SSSR count). The van der Waals surface area contributed by atoms with Crippen LogP contribution < -0.4 is 10.2 Å². The Bertz CT molecular complexity index is 366. The smallest absolute Gasteiger partial charge is 0.549 e. The second-order valence-electron chi connectivity index (χ2n) is 3.16. The predicted octanol–water partition coefficient (Wildman–Crippen LogP) is -2.71. The van der Waals surface area contributed by atoms with E-state index >= 15 is 0 Å². The van der Waals surface area contributed by atoms with E-state index in [2.05, 4.69) is 45.0 Å². The quantitative estimate of drug-likeness (QED) is 0.137. The average molecular weight is 409 g/mol. The van der Waals surface area contributed by atoms with Crippen LogP contribution in [0.2, 0.25) is 0 Å². The van der Waals surface area contributed by atoms with Crippen molar-refractivity contribution in [2.45, 2.75) is 5.60 Å². The number of rotatable bonds is 6. The molecule has 134 valence electrons. The van der Waals surface area contributed by atoms with Crippen LogP contribution in [0.25, 0.3) is 0 Å². The van der Waals surface area contributed by atoms with Gasteiger partial charge in [-0.3, -0.25) is 4.79 Å². The summed E-state index contributed by atoms with van der Waals surface area (Å²) in [5, 5.41) is 43.3. The van der Waals surface area contributed by atoms with E-state index in [-0.39, 0.29) is 55.9 Å². The van der Waals surface area contributed by atoms with Crippen LogP contribution in [0.3, 0.4) is 0 Å². The van der Waals surface area contributed by atoms with Gasteiger partial charge in [0, 0.05) is 5.75 Å². The fourth-order valence-electron chi connectivity index (χ4n) is 0.212. The number of aliphatic hydroxyl groups is 2. The van der Waals surface area contributed by atoms with E-state index in [1.807, 2.05) is 0 Å². The first-order chi connectivity index (χ1) is 10.5. The average Bonchev–Trinajstić information content (AvgIpc) is 2.55. The Labute approximate surface area is 181 Å². The van der Waals surface area contributed by atoms with Gasteiger partial charge in [0.25, 0.3) is 0 Å². The van der Waals surface area contributed by atoms with Crippen molar-refractivity contribution in [3.05, 3.63) is 38.0 Å². The fraction of sp³-hybridized carbons (Fsp3) is 0.308. The van der Waals surface area contributed by atoms with Gasteiger partial charge in [-0.15, -0.1) is 0 Å². The van der Waals surface area contributed by atoms with Crippen molar-refractivity contribution in [3.8, 4) is 0 Å². The van der Waals surface area contributed by atoms with Crippen LogP contribution in [0, 0.1) is 0 Å². The first kappa shape index (κ1) is 34.8. The standard InChI is InChI=1S/C6H10O2.C3H4O2.2C2H4O2S.Ca/c1-3-6(8,4-2)5-7;1-2-3(4)5;2*3-2(4)1-5;/h3-4,7-8H,1-2,5H2;2H,1H2,(H,4,5);2*5H,1H2,(H,3,4);/q;;;;+2/p-2. The topological polar surface area (TPSA) is 158 Å². The van der Waals surface area contributed by atoms with Crippen LogP contribution >= 0.6 is 25.3 Å². The molecule has 0 saturated heterocycles. The van der Waals surface area contributed by atoms with Crippen molar-refractivity contribution in [3.63, 3.8) is 0 Å². The Balaban J connectivity index is -0.0000000677. The van der Waals surface area contributed by atoms with Gasteiger partial charge in [-0.1, -0.05) is 31.9 Å². The summed E-state index contributed by atoms with van der Waals surface area (Å²) in [5.74, 6) is -3.52. The van der Waals surface area contributed by atoms with Crippen molar-refractivity contribution < 1.29 is 39.9 Å². The summed E-state index contributed by atoms with van der Waals surface area (Å²) in [6.07, 6.45) is 3.19.